The van der Waals surface area contributed by atoms with Gasteiger partial charge in [-0.3, -0.25) is 4.79 Å². The summed E-state index contributed by atoms with van der Waals surface area (Å²) in [7, 11) is 3.63. The maximum absolute atomic E-state index is 11.5. The molecule has 0 radical (unpaired) electrons. The fourth-order valence-corrected chi connectivity index (χ4v) is 3.99. The minimum atomic E-state index is -0.218. The van der Waals surface area contributed by atoms with Crippen molar-refractivity contribution in [2.75, 3.05) is 25.6 Å². The Morgan fingerprint density at radius 1 is 1.43 bits per heavy atom. The van der Waals surface area contributed by atoms with E-state index in [1.54, 1.807) is 13.1 Å². The predicted molar refractivity (Wildman–Crippen MR) is 79.2 cm³/mol. The lowest BCUT2D eigenvalue weighted by Crippen LogP contribution is -2.66. The summed E-state index contributed by atoms with van der Waals surface area (Å²) in [6.45, 7) is 5.34. The van der Waals surface area contributed by atoms with Crippen molar-refractivity contribution in [3.63, 3.8) is 0 Å². The second-order valence-corrected chi connectivity index (χ2v) is 6.48. The highest BCUT2D eigenvalue weighted by atomic mass is 16.5. The summed E-state index contributed by atoms with van der Waals surface area (Å²) in [6.07, 6.45) is 1.45. The summed E-state index contributed by atoms with van der Waals surface area (Å²) in [6, 6.07) is 3.97. The van der Waals surface area contributed by atoms with Crippen LogP contribution in [0, 0.1) is 11.3 Å². The molecule has 2 aliphatic rings. The van der Waals surface area contributed by atoms with E-state index in [9.17, 15) is 4.79 Å². The largest absolute Gasteiger partial charge is 0.377 e. The highest BCUT2D eigenvalue weighted by Crippen LogP contribution is 2.54. The van der Waals surface area contributed by atoms with Crippen molar-refractivity contribution in [2.45, 2.75) is 32.4 Å². The third-order valence-electron chi connectivity index (χ3n) is 4.93. The van der Waals surface area contributed by atoms with Crippen molar-refractivity contribution < 1.29 is 9.53 Å². The third-order valence-corrected chi connectivity index (χ3v) is 4.93. The number of nitrogens with one attached hydrogen (secondary N) is 1. The van der Waals surface area contributed by atoms with Gasteiger partial charge in [-0.25, -0.2) is 0 Å². The minimum Gasteiger partial charge on any atom is -0.377 e. The molecule has 3 rings (SSSR count). The fraction of sp³-hybridized carbons (Fsp3) is 0.667. The zero-order valence-electron chi connectivity index (χ0n) is 13.0. The Kier molecular flexibility index (Phi) is 3.36. The van der Waals surface area contributed by atoms with E-state index in [0.29, 0.717) is 23.8 Å². The van der Waals surface area contributed by atoms with Gasteiger partial charge in [0.1, 0.15) is 0 Å². The lowest BCUT2D eigenvalue weighted by Gasteiger charge is -2.58. The molecule has 1 saturated carbocycles. The van der Waals surface area contributed by atoms with Gasteiger partial charge < -0.3 is 15.0 Å². The molecule has 3 unspecified atom stereocenters. The van der Waals surface area contributed by atoms with E-state index >= 15 is 0 Å². The number of rotatable bonds is 3. The summed E-state index contributed by atoms with van der Waals surface area (Å²) in [5.41, 5.74) is 0.446. The zero-order chi connectivity index (χ0) is 15.2. The van der Waals surface area contributed by atoms with Crippen LogP contribution in [0.2, 0.25) is 0 Å². The molecule has 0 bridgehead atoms. The quantitative estimate of drug-likeness (QED) is 0.902. The molecule has 2 heterocycles. The number of hydrogen-bond acceptors (Lipinski definition) is 5. The maximum Gasteiger partial charge on any atom is 0.271 e. The van der Waals surface area contributed by atoms with Crippen LogP contribution in [0.25, 0.3) is 0 Å². The molecule has 2 fully saturated rings. The van der Waals surface area contributed by atoms with Gasteiger partial charge in [-0.1, -0.05) is 13.8 Å². The van der Waals surface area contributed by atoms with Crippen LogP contribution in [-0.2, 0) is 4.74 Å². The Hall–Kier alpha value is -1.69. The van der Waals surface area contributed by atoms with Crippen molar-refractivity contribution in [3.8, 4) is 0 Å². The summed E-state index contributed by atoms with van der Waals surface area (Å²) >= 11 is 0. The van der Waals surface area contributed by atoms with Gasteiger partial charge in [-0.15, -0.1) is 10.2 Å². The number of ether oxygens (including phenoxy) is 1. The zero-order valence-corrected chi connectivity index (χ0v) is 13.0. The topological polar surface area (TPSA) is 67.4 Å². The lowest BCUT2D eigenvalue weighted by molar-refractivity contribution is -0.101. The number of amides is 1. The van der Waals surface area contributed by atoms with Gasteiger partial charge in [-0.05, 0) is 18.6 Å². The third kappa shape index (κ3) is 2.09. The van der Waals surface area contributed by atoms with Crippen LogP contribution < -0.4 is 10.2 Å². The molecule has 1 aromatic heterocycles. The fourth-order valence-electron chi connectivity index (χ4n) is 3.99. The molecule has 6 nitrogen and oxygen atoms in total. The Labute approximate surface area is 124 Å². The van der Waals surface area contributed by atoms with Crippen LogP contribution in [0.5, 0.6) is 0 Å². The minimum absolute atomic E-state index is 0.108. The van der Waals surface area contributed by atoms with E-state index in [2.05, 4.69) is 34.3 Å². The van der Waals surface area contributed by atoms with Crippen molar-refractivity contribution in [3.05, 3.63) is 17.8 Å². The maximum atomic E-state index is 11.5. The monoisotopic (exact) mass is 290 g/mol. The molecule has 1 N–H and O–H groups in total. The Morgan fingerprint density at radius 3 is 2.81 bits per heavy atom. The molecule has 1 saturated heterocycles. The lowest BCUT2D eigenvalue weighted by atomic mass is 9.57. The first-order valence-electron chi connectivity index (χ1n) is 7.37. The first-order valence-corrected chi connectivity index (χ1v) is 7.37. The summed E-state index contributed by atoms with van der Waals surface area (Å²) < 4.78 is 5.83. The summed E-state index contributed by atoms with van der Waals surface area (Å²) in [5.74, 6) is 1.14. The van der Waals surface area contributed by atoms with Crippen LogP contribution in [0.15, 0.2) is 12.1 Å². The van der Waals surface area contributed by atoms with E-state index < -0.39 is 0 Å². The molecule has 1 amide bonds. The SMILES string of the molecule is CNC(=O)c1ccc(N(C)C2C3CCOC3C2(C)C)nn1. The van der Waals surface area contributed by atoms with Gasteiger partial charge in [0.05, 0.1) is 6.10 Å². The van der Waals surface area contributed by atoms with Crippen LogP contribution >= 0.6 is 0 Å². The molecular formula is C15H22N4O2. The highest BCUT2D eigenvalue weighted by Gasteiger charge is 2.61. The standard InChI is InChI=1S/C15H22N4O2/c1-15(2)12(9-7-8-21-13(9)15)19(4)11-6-5-10(17-18-11)14(20)16-3/h5-6,9,12-13H,7-8H2,1-4H3,(H,16,20). The molecule has 21 heavy (non-hydrogen) atoms. The van der Waals surface area contributed by atoms with E-state index in [0.717, 1.165) is 18.8 Å². The normalized spacial score (nSPS) is 29.4. The van der Waals surface area contributed by atoms with E-state index in [1.165, 1.54) is 0 Å². The van der Waals surface area contributed by atoms with Gasteiger partial charge in [0.15, 0.2) is 11.5 Å². The average molecular weight is 290 g/mol. The molecular weight excluding hydrogens is 268 g/mol. The number of carbonyl (C=O) groups excluding carboxylic acids is 1. The van der Waals surface area contributed by atoms with Gasteiger partial charge >= 0.3 is 0 Å². The molecule has 114 valence electrons. The molecule has 6 heteroatoms. The van der Waals surface area contributed by atoms with Crippen LogP contribution in [0.4, 0.5) is 5.82 Å². The molecule has 1 aliphatic carbocycles. The second-order valence-electron chi connectivity index (χ2n) is 6.48. The van der Waals surface area contributed by atoms with Crippen molar-refractivity contribution in [2.24, 2.45) is 11.3 Å². The number of nitrogens with zero attached hydrogens (tertiary/aromatic N) is 3. The molecule has 0 aromatic carbocycles. The predicted octanol–water partition coefficient (Wildman–Crippen LogP) is 1.09. The van der Waals surface area contributed by atoms with Gasteiger partial charge in [-0.2, -0.15) is 0 Å². The second kappa shape index (κ2) is 4.94. The van der Waals surface area contributed by atoms with Crippen LogP contribution in [0.3, 0.4) is 0 Å². The van der Waals surface area contributed by atoms with Crippen LogP contribution in [-0.4, -0.2) is 49.0 Å². The Bertz CT molecular complexity index is 543. The molecule has 0 spiro atoms. The van der Waals surface area contributed by atoms with Crippen molar-refractivity contribution >= 4 is 11.7 Å². The summed E-state index contributed by atoms with van der Waals surface area (Å²) in [5, 5.41) is 10.8. The van der Waals surface area contributed by atoms with E-state index in [4.69, 9.17) is 4.74 Å². The van der Waals surface area contributed by atoms with Crippen molar-refractivity contribution in [1.29, 1.82) is 0 Å². The number of anilines is 1. The van der Waals surface area contributed by atoms with Crippen LogP contribution in [0.1, 0.15) is 30.8 Å². The Morgan fingerprint density at radius 2 is 2.19 bits per heavy atom. The smallest absolute Gasteiger partial charge is 0.271 e. The van der Waals surface area contributed by atoms with Crippen molar-refractivity contribution in [1.82, 2.24) is 15.5 Å². The van der Waals surface area contributed by atoms with Gasteiger partial charge in [0.2, 0.25) is 0 Å². The Balaban J connectivity index is 1.79. The summed E-state index contributed by atoms with van der Waals surface area (Å²) in [4.78, 5) is 13.7. The number of fused-ring (bicyclic) bond motifs is 1. The number of carbonyl (C=O) groups is 1. The molecule has 1 aliphatic heterocycles. The first kappa shape index (κ1) is 14.3. The molecule has 3 atom stereocenters. The van der Waals surface area contributed by atoms with Gasteiger partial charge in [0.25, 0.3) is 5.91 Å². The van der Waals surface area contributed by atoms with E-state index in [-0.39, 0.29) is 11.3 Å². The first-order chi connectivity index (χ1) is 9.96. The highest BCUT2D eigenvalue weighted by molar-refractivity contribution is 5.91. The number of hydrogen-bond donors (Lipinski definition) is 1. The molecule has 1 aromatic rings. The van der Waals surface area contributed by atoms with Gasteiger partial charge in [0, 0.05) is 38.1 Å². The van der Waals surface area contributed by atoms with E-state index in [1.807, 2.05) is 13.1 Å². The number of aromatic nitrogens is 2. The average Bonchev–Trinajstić information content (AvgIpc) is 2.92.